The Morgan fingerprint density at radius 1 is 1.41 bits per heavy atom. The fraction of sp³-hybridized carbons (Fsp3) is 0.375. The first-order valence-electron chi connectivity index (χ1n) is 7.38. The Hall–Kier alpha value is -1.43. The predicted molar refractivity (Wildman–Crippen MR) is 90.7 cm³/mol. The molecule has 0 unspecified atom stereocenters. The van der Waals surface area contributed by atoms with Gasteiger partial charge in [0.05, 0.1) is 5.69 Å². The lowest BCUT2D eigenvalue weighted by molar-refractivity contribution is 0.0934. The van der Waals surface area contributed by atoms with E-state index in [1.165, 1.54) is 11.3 Å². The highest BCUT2D eigenvalue weighted by Gasteiger charge is 2.20. The second kappa shape index (κ2) is 6.77. The summed E-state index contributed by atoms with van der Waals surface area (Å²) in [6, 6.07) is 7.73. The number of nitrogens with one attached hydrogen (secondary N) is 2. The number of nitrogens with zero attached hydrogens (tertiary/aromatic N) is 1. The summed E-state index contributed by atoms with van der Waals surface area (Å²) < 4.78 is 0. The quantitative estimate of drug-likeness (QED) is 0.905. The van der Waals surface area contributed by atoms with Crippen molar-refractivity contribution in [3.8, 4) is 10.6 Å². The molecule has 1 aromatic carbocycles. The molecule has 0 spiro atoms. The van der Waals surface area contributed by atoms with E-state index >= 15 is 0 Å². The van der Waals surface area contributed by atoms with Gasteiger partial charge in [-0.3, -0.25) is 4.79 Å². The third kappa shape index (κ3) is 3.48. The summed E-state index contributed by atoms with van der Waals surface area (Å²) in [5, 5.41) is 7.94. The van der Waals surface area contributed by atoms with Crippen LogP contribution in [0.4, 0.5) is 0 Å². The van der Waals surface area contributed by atoms with Crippen molar-refractivity contribution in [3.63, 3.8) is 0 Å². The first-order valence-corrected chi connectivity index (χ1v) is 8.58. The van der Waals surface area contributed by atoms with Gasteiger partial charge >= 0.3 is 0 Å². The number of rotatable bonds is 3. The zero-order valence-corrected chi connectivity index (χ0v) is 13.9. The van der Waals surface area contributed by atoms with Gasteiger partial charge in [-0.2, -0.15) is 0 Å². The van der Waals surface area contributed by atoms with Crippen LogP contribution in [0.25, 0.3) is 10.6 Å². The number of thiazole rings is 1. The summed E-state index contributed by atoms with van der Waals surface area (Å²) in [5.74, 6) is -0.0242. The van der Waals surface area contributed by atoms with Crippen LogP contribution in [0, 0.1) is 6.92 Å². The number of carbonyl (C=O) groups is 1. The molecule has 2 heterocycles. The number of carbonyl (C=O) groups excluding carboxylic acids is 1. The fourth-order valence-corrected chi connectivity index (χ4v) is 3.65. The number of piperidine rings is 1. The molecule has 3 rings (SSSR count). The highest BCUT2D eigenvalue weighted by Crippen LogP contribution is 2.28. The molecule has 1 aromatic heterocycles. The predicted octanol–water partition coefficient (Wildman–Crippen LogP) is 3.25. The van der Waals surface area contributed by atoms with Crippen molar-refractivity contribution in [3.05, 3.63) is 39.9 Å². The van der Waals surface area contributed by atoms with E-state index in [0.717, 1.165) is 42.2 Å². The number of hydrogen-bond acceptors (Lipinski definition) is 4. The third-order valence-electron chi connectivity index (χ3n) is 3.73. The molecule has 2 aromatic rings. The molecule has 2 N–H and O–H groups in total. The molecule has 4 nitrogen and oxygen atoms in total. The van der Waals surface area contributed by atoms with Gasteiger partial charge in [-0.25, -0.2) is 4.98 Å². The Kier molecular flexibility index (Phi) is 4.76. The van der Waals surface area contributed by atoms with E-state index in [1.54, 1.807) is 0 Å². The van der Waals surface area contributed by atoms with Crippen LogP contribution < -0.4 is 10.6 Å². The van der Waals surface area contributed by atoms with Gasteiger partial charge in [-0.05, 0) is 38.4 Å². The smallest absolute Gasteiger partial charge is 0.263 e. The van der Waals surface area contributed by atoms with Crippen LogP contribution in [-0.2, 0) is 0 Å². The van der Waals surface area contributed by atoms with Gasteiger partial charge in [0.2, 0.25) is 0 Å². The summed E-state index contributed by atoms with van der Waals surface area (Å²) in [4.78, 5) is 17.7. The number of amides is 1. The van der Waals surface area contributed by atoms with E-state index in [4.69, 9.17) is 11.6 Å². The number of hydrogen-bond donors (Lipinski definition) is 2. The summed E-state index contributed by atoms with van der Waals surface area (Å²) in [5.41, 5.74) is 1.76. The van der Waals surface area contributed by atoms with E-state index in [9.17, 15) is 4.79 Å². The third-order valence-corrected chi connectivity index (χ3v) is 5.18. The van der Waals surface area contributed by atoms with Gasteiger partial charge in [-0.1, -0.05) is 23.7 Å². The molecule has 6 heteroatoms. The maximum Gasteiger partial charge on any atom is 0.263 e. The number of aromatic nitrogens is 1. The van der Waals surface area contributed by atoms with Crippen LogP contribution in [0.15, 0.2) is 24.3 Å². The van der Waals surface area contributed by atoms with Crippen molar-refractivity contribution in [1.29, 1.82) is 0 Å². The summed E-state index contributed by atoms with van der Waals surface area (Å²) in [6.45, 7) is 3.75. The highest BCUT2D eigenvalue weighted by atomic mass is 35.5. The van der Waals surface area contributed by atoms with Crippen LogP contribution >= 0.6 is 22.9 Å². The summed E-state index contributed by atoms with van der Waals surface area (Å²) >= 11 is 7.34. The molecule has 1 saturated heterocycles. The molecule has 0 saturated carbocycles. The average molecular weight is 336 g/mol. The lowest BCUT2D eigenvalue weighted by atomic mass is 10.1. The van der Waals surface area contributed by atoms with E-state index in [-0.39, 0.29) is 11.9 Å². The molecular formula is C16H18ClN3OS. The molecule has 0 aliphatic carbocycles. The maximum absolute atomic E-state index is 12.4. The minimum atomic E-state index is -0.0242. The minimum Gasteiger partial charge on any atom is -0.347 e. The molecule has 1 aliphatic heterocycles. The molecular weight excluding hydrogens is 318 g/mol. The SMILES string of the molecule is Cc1nc(-c2ccc(Cl)cc2)sc1C(=O)N[C@@H]1CCCNC1. The summed E-state index contributed by atoms with van der Waals surface area (Å²) in [6.07, 6.45) is 2.13. The number of benzene rings is 1. The van der Waals surface area contributed by atoms with Gasteiger partial charge < -0.3 is 10.6 Å². The average Bonchev–Trinajstić information content (AvgIpc) is 2.91. The topological polar surface area (TPSA) is 54.0 Å². The molecule has 1 atom stereocenters. The molecule has 1 fully saturated rings. The maximum atomic E-state index is 12.4. The van der Waals surface area contributed by atoms with Crippen molar-refractivity contribution in [2.24, 2.45) is 0 Å². The number of halogens is 1. The normalized spacial score (nSPS) is 18.2. The van der Waals surface area contributed by atoms with Crippen LogP contribution in [0.1, 0.15) is 28.2 Å². The first kappa shape index (κ1) is 15.5. The molecule has 1 amide bonds. The first-order chi connectivity index (χ1) is 10.6. The van der Waals surface area contributed by atoms with E-state index in [1.807, 2.05) is 31.2 Å². The molecule has 0 radical (unpaired) electrons. The number of aryl methyl sites for hydroxylation is 1. The Balaban J connectivity index is 1.76. The van der Waals surface area contributed by atoms with Crippen molar-refractivity contribution in [2.45, 2.75) is 25.8 Å². The van der Waals surface area contributed by atoms with Gasteiger partial charge in [0.1, 0.15) is 9.88 Å². The van der Waals surface area contributed by atoms with Gasteiger partial charge in [0.15, 0.2) is 0 Å². The van der Waals surface area contributed by atoms with Crippen molar-refractivity contribution in [1.82, 2.24) is 15.6 Å². The van der Waals surface area contributed by atoms with Crippen LogP contribution in [0.2, 0.25) is 5.02 Å². The second-order valence-corrected chi connectivity index (χ2v) is 6.89. The van der Waals surface area contributed by atoms with Gasteiger partial charge in [0, 0.05) is 23.2 Å². The van der Waals surface area contributed by atoms with Crippen LogP contribution in [0.3, 0.4) is 0 Å². The van der Waals surface area contributed by atoms with Crippen molar-refractivity contribution in [2.75, 3.05) is 13.1 Å². The molecule has 116 valence electrons. The lowest BCUT2D eigenvalue weighted by Gasteiger charge is -2.23. The second-order valence-electron chi connectivity index (χ2n) is 5.46. The van der Waals surface area contributed by atoms with Crippen molar-refractivity contribution >= 4 is 28.8 Å². The van der Waals surface area contributed by atoms with Gasteiger partial charge in [-0.15, -0.1) is 11.3 Å². The van der Waals surface area contributed by atoms with Crippen LogP contribution in [0.5, 0.6) is 0 Å². The van der Waals surface area contributed by atoms with Crippen molar-refractivity contribution < 1.29 is 4.79 Å². The standard InChI is InChI=1S/C16H18ClN3OS/c1-10-14(15(21)20-13-3-2-8-18-9-13)22-16(19-10)11-4-6-12(17)7-5-11/h4-7,13,18H,2-3,8-9H2,1H3,(H,20,21)/t13-/m1/s1. The highest BCUT2D eigenvalue weighted by molar-refractivity contribution is 7.17. The van der Waals surface area contributed by atoms with E-state index in [2.05, 4.69) is 15.6 Å². The summed E-state index contributed by atoms with van der Waals surface area (Å²) in [7, 11) is 0. The van der Waals surface area contributed by atoms with E-state index < -0.39 is 0 Å². The Labute approximate surface area is 138 Å². The molecule has 0 bridgehead atoms. The van der Waals surface area contributed by atoms with E-state index in [0.29, 0.717) is 9.90 Å². The Bertz CT molecular complexity index is 663. The largest absolute Gasteiger partial charge is 0.347 e. The van der Waals surface area contributed by atoms with Gasteiger partial charge in [0.25, 0.3) is 5.91 Å². The lowest BCUT2D eigenvalue weighted by Crippen LogP contribution is -2.45. The zero-order valence-electron chi connectivity index (χ0n) is 12.4. The fourth-order valence-electron chi connectivity index (χ4n) is 2.55. The Morgan fingerprint density at radius 3 is 2.86 bits per heavy atom. The Morgan fingerprint density at radius 2 is 2.18 bits per heavy atom. The monoisotopic (exact) mass is 335 g/mol. The molecule has 22 heavy (non-hydrogen) atoms. The molecule has 1 aliphatic rings. The minimum absolute atomic E-state index is 0.0242. The van der Waals surface area contributed by atoms with Crippen LogP contribution in [-0.4, -0.2) is 30.0 Å². The zero-order chi connectivity index (χ0) is 15.5.